The van der Waals surface area contributed by atoms with E-state index >= 15 is 0 Å². The van der Waals surface area contributed by atoms with Gasteiger partial charge in [-0.1, -0.05) is 29.8 Å². The summed E-state index contributed by atoms with van der Waals surface area (Å²) >= 11 is 3.43. The molecule has 1 aromatic rings. The molecule has 0 aliphatic carbocycles. The Balaban J connectivity index is 2.73. The first-order valence-electron chi connectivity index (χ1n) is 4.70. The first-order valence-corrected chi connectivity index (χ1v) is 5.14. The molecular formula is C10H13NO5S. The highest BCUT2D eigenvalue weighted by molar-refractivity contribution is 7.77. The number of hydrogen-bond acceptors (Lipinski definition) is 7. The van der Waals surface area contributed by atoms with Gasteiger partial charge in [-0.25, -0.2) is 4.79 Å². The Morgan fingerprint density at radius 3 is 2.41 bits per heavy atom. The van der Waals surface area contributed by atoms with Gasteiger partial charge in [0.05, 0.1) is 7.11 Å². The average molecular weight is 259 g/mol. The van der Waals surface area contributed by atoms with Crippen LogP contribution in [0.25, 0.3) is 0 Å². The first-order chi connectivity index (χ1) is 8.10. The Hall–Kier alpha value is -1.28. The minimum atomic E-state index is -1.69. The normalized spacial score (nSPS) is 13.9. The minimum Gasteiger partial charge on any atom is -0.497 e. The van der Waals surface area contributed by atoms with Crippen LogP contribution in [0.4, 0.5) is 0 Å². The first kappa shape index (κ1) is 13.8. The second kappa shape index (κ2) is 6.45. The fraction of sp³-hybridized carbons (Fsp3) is 0.300. The number of aliphatic hydroxyl groups is 2. The highest BCUT2D eigenvalue weighted by atomic mass is 32.1. The van der Waals surface area contributed by atoms with Gasteiger partial charge in [-0.05, 0) is 17.7 Å². The summed E-state index contributed by atoms with van der Waals surface area (Å²) in [5.74, 6) is -0.418. The van der Waals surface area contributed by atoms with Crippen LogP contribution in [-0.4, -0.2) is 29.4 Å². The van der Waals surface area contributed by atoms with Crippen LogP contribution in [0.5, 0.6) is 5.75 Å². The Morgan fingerprint density at radius 1 is 1.35 bits per heavy atom. The van der Waals surface area contributed by atoms with Crippen LogP contribution in [0.15, 0.2) is 24.3 Å². The second-order valence-corrected chi connectivity index (χ2v) is 3.36. The van der Waals surface area contributed by atoms with Gasteiger partial charge in [-0.15, -0.1) is 0 Å². The maximum Gasteiger partial charge on any atom is 0.357 e. The maximum absolute atomic E-state index is 11.1. The second-order valence-electron chi connectivity index (χ2n) is 3.18. The SMILES string of the molecule is COc1ccc([C@@H](O)[C@@H](O)C(=O)ONS)cc1. The van der Waals surface area contributed by atoms with Crippen LogP contribution in [0, 0.1) is 0 Å². The topological polar surface area (TPSA) is 88.0 Å². The van der Waals surface area contributed by atoms with Crippen molar-refractivity contribution in [2.24, 2.45) is 0 Å². The van der Waals surface area contributed by atoms with Crippen molar-refractivity contribution < 1.29 is 24.6 Å². The lowest BCUT2D eigenvalue weighted by Gasteiger charge is -2.16. The van der Waals surface area contributed by atoms with Crippen molar-refractivity contribution in [3.05, 3.63) is 29.8 Å². The molecule has 0 aromatic heterocycles. The predicted molar refractivity (Wildman–Crippen MR) is 62.2 cm³/mol. The van der Waals surface area contributed by atoms with E-state index < -0.39 is 18.2 Å². The number of aliphatic hydroxyl groups excluding tert-OH is 2. The van der Waals surface area contributed by atoms with Crippen LogP contribution in [0.1, 0.15) is 11.7 Å². The molecule has 0 bridgehead atoms. The number of rotatable bonds is 5. The standard InChI is InChI=1S/C10H13NO5S/c1-15-7-4-2-6(3-5-7)8(12)9(13)10(14)16-11-17/h2-5,8-9,11-13,17H,1H3/t8-,9-/m1/s1. The van der Waals surface area contributed by atoms with Gasteiger partial charge < -0.3 is 19.8 Å². The molecule has 0 amide bonds. The molecule has 0 unspecified atom stereocenters. The molecular weight excluding hydrogens is 246 g/mol. The van der Waals surface area contributed by atoms with Crippen molar-refractivity contribution in [3.63, 3.8) is 0 Å². The van der Waals surface area contributed by atoms with Gasteiger partial charge in [0.2, 0.25) is 0 Å². The van der Waals surface area contributed by atoms with Crippen molar-refractivity contribution in [3.8, 4) is 5.75 Å². The molecule has 3 N–H and O–H groups in total. The van der Waals surface area contributed by atoms with Crippen molar-refractivity contribution in [2.45, 2.75) is 12.2 Å². The summed E-state index contributed by atoms with van der Waals surface area (Å²) in [4.78, 5) is 17.2. The number of methoxy groups -OCH3 is 1. The Labute approximate surface area is 104 Å². The quantitative estimate of drug-likeness (QED) is 0.439. The van der Waals surface area contributed by atoms with Crippen LogP contribution >= 0.6 is 12.8 Å². The molecule has 1 rings (SSSR count). The number of benzene rings is 1. The summed E-state index contributed by atoms with van der Waals surface area (Å²) in [5.41, 5.74) is 0.370. The molecule has 0 spiro atoms. The van der Waals surface area contributed by atoms with Gasteiger partial charge in [0.15, 0.2) is 6.10 Å². The molecule has 0 fully saturated rings. The third-order valence-corrected chi connectivity index (χ3v) is 2.24. The molecule has 1 aromatic carbocycles. The van der Waals surface area contributed by atoms with Gasteiger partial charge in [0.1, 0.15) is 11.9 Å². The molecule has 0 radical (unpaired) electrons. The van der Waals surface area contributed by atoms with E-state index in [9.17, 15) is 15.0 Å². The van der Waals surface area contributed by atoms with E-state index in [0.717, 1.165) is 0 Å². The molecule has 7 heteroatoms. The minimum absolute atomic E-state index is 0.370. The number of ether oxygens (including phenoxy) is 1. The molecule has 6 nitrogen and oxygen atoms in total. The number of hydrogen-bond donors (Lipinski definition) is 4. The van der Waals surface area contributed by atoms with Crippen molar-refractivity contribution in [2.75, 3.05) is 7.11 Å². The van der Waals surface area contributed by atoms with Crippen molar-refractivity contribution >= 4 is 18.8 Å². The summed E-state index contributed by atoms with van der Waals surface area (Å²) < 4.78 is 4.94. The van der Waals surface area contributed by atoms with Crippen molar-refractivity contribution in [1.82, 2.24) is 4.89 Å². The average Bonchev–Trinajstić information content (AvgIpc) is 2.37. The van der Waals surface area contributed by atoms with Crippen LogP contribution in [0.2, 0.25) is 0 Å². The molecule has 0 aliphatic rings. The molecule has 17 heavy (non-hydrogen) atoms. The number of carbonyl (C=O) groups excluding carboxylic acids is 1. The zero-order valence-corrected chi connectivity index (χ0v) is 9.92. The number of thiol groups is 1. The van der Waals surface area contributed by atoms with Crippen LogP contribution < -0.4 is 9.62 Å². The van der Waals surface area contributed by atoms with Gasteiger partial charge in [0, 0.05) is 0 Å². The van der Waals surface area contributed by atoms with Gasteiger partial charge in [-0.2, -0.15) is 0 Å². The van der Waals surface area contributed by atoms with Gasteiger partial charge in [-0.3, -0.25) is 0 Å². The summed E-state index contributed by atoms with van der Waals surface area (Å²) in [7, 11) is 1.51. The lowest BCUT2D eigenvalue weighted by molar-refractivity contribution is -0.163. The van der Waals surface area contributed by atoms with Crippen LogP contribution in [0.3, 0.4) is 0 Å². The molecule has 0 saturated carbocycles. The Bertz CT molecular complexity index is 369. The maximum atomic E-state index is 11.1. The fourth-order valence-corrected chi connectivity index (χ4v) is 1.31. The lowest BCUT2D eigenvalue weighted by atomic mass is 10.0. The van der Waals surface area contributed by atoms with E-state index in [1.807, 2.05) is 4.89 Å². The number of nitrogens with one attached hydrogen (secondary N) is 1. The largest absolute Gasteiger partial charge is 0.497 e. The van der Waals surface area contributed by atoms with E-state index in [1.165, 1.54) is 19.2 Å². The molecule has 0 aliphatic heterocycles. The van der Waals surface area contributed by atoms with Gasteiger partial charge in [0.25, 0.3) is 0 Å². The molecule has 0 saturated heterocycles. The highest BCUT2D eigenvalue weighted by Crippen LogP contribution is 2.20. The van der Waals surface area contributed by atoms with Gasteiger partial charge >= 0.3 is 5.97 Å². The van der Waals surface area contributed by atoms with E-state index in [1.54, 1.807) is 12.1 Å². The van der Waals surface area contributed by atoms with E-state index in [-0.39, 0.29) is 0 Å². The van der Waals surface area contributed by atoms with E-state index in [2.05, 4.69) is 17.7 Å². The monoisotopic (exact) mass is 259 g/mol. The number of carbonyl (C=O) groups is 1. The molecule has 2 atom stereocenters. The molecule has 94 valence electrons. The van der Waals surface area contributed by atoms with E-state index in [0.29, 0.717) is 11.3 Å². The fourth-order valence-electron chi connectivity index (χ4n) is 1.22. The Morgan fingerprint density at radius 2 is 1.94 bits per heavy atom. The zero-order valence-electron chi connectivity index (χ0n) is 9.03. The lowest BCUT2D eigenvalue weighted by Crippen LogP contribution is -2.31. The highest BCUT2D eigenvalue weighted by Gasteiger charge is 2.27. The summed E-state index contributed by atoms with van der Waals surface area (Å²) in [6.07, 6.45) is -3.07. The predicted octanol–water partition coefficient (Wildman–Crippen LogP) is -0.0179. The molecule has 0 heterocycles. The smallest absolute Gasteiger partial charge is 0.357 e. The third kappa shape index (κ3) is 3.60. The van der Waals surface area contributed by atoms with Crippen LogP contribution in [-0.2, 0) is 9.63 Å². The summed E-state index contributed by atoms with van der Waals surface area (Å²) in [6, 6.07) is 6.28. The zero-order chi connectivity index (χ0) is 12.8. The van der Waals surface area contributed by atoms with Crippen molar-refractivity contribution in [1.29, 1.82) is 0 Å². The third-order valence-electron chi connectivity index (χ3n) is 2.14. The summed E-state index contributed by atoms with van der Waals surface area (Å²) in [6.45, 7) is 0. The van der Waals surface area contributed by atoms with E-state index in [4.69, 9.17) is 4.74 Å². The summed E-state index contributed by atoms with van der Waals surface area (Å²) in [5, 5.41) is 19.2. The Kier molecular flexibility index (Phi) is 5.23.